The Hall–Kier alpha value is -2.18. The van der Waals surface area contributed by atoms with Crippen LogP contribution in [0.4, 0.5) is 0 Å². The van der Waals surface area contributed by atoms with Gasteiger partial charge in [0.15, 0.2) is 0 Å². The zero-order valence-corrected chi connectivity index (χ0v) is 45.5. The highest BCUT2D eigenvalue weighted by molar-refractivity contribution is 5.77. The van der Waals surface area contributed by atoms with Crippen LogP contribution in [0.25, 0.3) is 0 Å². The van der Waals surface area contributed by atoms with Gasteiger partial charge in [-0.05, 0) is 89.9 Å². The Morgan fingerprint density at radius 3 is 1.19 bits per heavy atom. The van der Waals surface area contributed by atoms with Gasteiger partial charge in [0.05, 0.1) is 25.2 Å². The summed E-state index contributed by atoms with van der Waals surface area (Å²) in [5.41, 5.74) is 0. The van der Waals surface area contributed by atoms with E-state index in [9.17, 15) is 19.8 Å². The monoisotopic (exact) mass is 954 g/mol. The van der Waals surface area contributed by atoms with Crippen LogP contribution in [0.15, 0.2) is 48.6 Å². The fourth-order valence-electron chi connectivity index (χ4n) is 9.08. The molecule has 0 fully saturated rings. The van der Waals surface area contributed by atoms with Gasteiger partial charge in [0.2, 0.25) is 5.91 Å². The molecule has 3 atom stereocenters. The van der Waals surface area contributed by atoms with Crippen LogP contribution in [0, 0.1) is 0 Å². The van der Waals surface area contributed by atoms with E-state index >= 15 is 0 Å². The molecule has 0 aromatic carbocycles. The smallest absolute Gasteiger partial charge is 0.306 e. The summed E-state index contributed by atoms with van der Waals surface area (Å²) in [4.78, 5) is 26.3. The second-order valence-electron chi connectivity index (χ2n) is 20.4. The van der Waals surface area contributed by atoms with Gasteiger partial charge in [-0.3, -0.25) is 9.59 Å². The number of rotatable bonds is 54. The van der Waals surface area contributed by atoms with E-state index in [-0.39, 0.29) is 24.9 Å². The number of carbonyl (C=O) groups excluding carboxylic acids is 2. The van der Waals surface area contributed by atoms with E-state index in [2.05, 4.69) is 74.7 Å². The predicted molar refractivity (Wildman–Crippen MR) is 296 cm³/mol. The molecule has 0 saturated heterocycles. The van der Waals surface area contributed by atoms with E-state index in [1.54, 1.807) is 0 Å². The highest BCUT2D eigenvalue weighted by atomic mass is 16.5. The van der Waals surface area contributed by atoms with E-state index in [1.807, 2.05) is 0 Å². The molecule has 0 heterocycles. The maximum Gasteiger partial charge on any atom is 0.306 e. The van der Waals surface area contributed by atoms with Gasteiger partial charge in [0.25, 0.3) is 0 Å². The number of hydrogen-bond donors (Lipinski definition) is 3. The number of amides is 1. The normalized spacial score (nSPS) is 13.4. The second kappa shape index (κ2) is 55.7. The first kappa shape index (κ1) is 65.8. The Balaban J connectivity index is 4.55. The summed E-state index contributed by atoms with van der Waals surface area (Å²) in [6.07, 6.45) is 68.9. The minimum absolute atomic E-state index is 0.0631. The quantitative estimate of drug-likeness (QED) is 0.0321. The van der Waals surface area contributed by atoms with E-state index in [4.69, 9.17) is 4.74 Å². The molecule has 0 aromatic heterocycles. The van der Waals surface area contributed by atoms with Gasteiger partial charge in [-0.15, -0.1) is 0 Å². The molecule has 0 radical (unpaired) electrons. The van der Waals surface area contributed by atoms with Crippen molar-refractivity contribution in [3.05, 3.63) is 48.6 Å². The Labute approximate surface area is 423 Å². The summed E-state index contributed by atoms with van der Waals surface area (Å²) in [6, 6.07) is -0.710. The Kier molecular flexibility index (Phi) is 54.0. The molecule has 6 heteroatoms. The standard InChI is InChI=1S/C62H115NO5/c1-4-7-10-13-16-19-22-25-28-30-31-32-34-37-40-43-46-49-52-55-62(67)68-58(53-50-47-44-41-38-35-27-24-21-18-15-12-9-6-3)56-61(66)63-59(57-64)60(65)54-51-48-45-42-39-36-33-29-26-23-20-17-14-11-8-5-2/h16,19,25,28,31-32,35,38,58-60,64-65H,4-15,17-18,20-24,26-27,29-30,33-34,36-37,39-57H2,1-3H3,(H,63,66)/b19-16-,28-25-,32-31-,38-35+. The molecule has 0 aliphatic carbocycles. The molecule has 0 saturated carbocycles. The second-order valence-corrected chi connectivity index (χ2v) is 20.4. The minimum Gasteiger partial charge on any atom is -0.462 e. The van der Waals surface area contributed by atoms with E-state index < -0.39 is 18.2 Å². The van der Waals surface area contributed by atoms with Gasteiger partial charge in [0.1, 0.15) is 6.10 Å². The van der Waals surface area contributed by atoms with E-state index in [1.165, 1.54) is 173 Å². The fourth-order valence-corrected chi connectivity index (χ4v) is 9.08. The van der Waals surface area contributed by atoms with Crippen molar-refractivity contribution < 1.29 is 24.5 Å². The van der Waals surface area contributed by atoms with Gasteiger partial charge >= 0.3 is 5.97 Å². The van der Waals surface area contributed by atoms with Crippen LogP contribution < -0.4 is 5.32 Å². The van der Waals surface area contributed by atoms with Crippen LogP contribution in [0.3, 0.4) is 0 Å². The molecule has 1 amide bonds. The Bertz CT molecular complexity index is 1160. The molecule has 0 spiro atoms. The zero-order valence-electron chi connectivity index (χ0n) is 45.5. The van der Waals surface area contributed by atoms with Gasteiger partial charge < -0.3 is 20.3 Å². The van der Waals surface area contributed by atoms with Crippen molar-refractivity contribution in [1.29, 1.82) is 0 Å². The summed E-state index contributed by atoms with van der Waals surface area (Å²) in [5.74, 6) is -0.492. The van der Waals surface area contributed by atoms with Crippen LogP contribution in [-0.4, -0.2) is 46.9 Å². The number of aliphatic hydroxyl groups is 2. The van der Waals surface area contributed by atoms with Crippen LogP contribution in [0.1, 0.15) is 310 Å². The number of aliphatic hydroxyl groups excluding tert-OH is 2. The van der Waals surface area contributed by atoms with Crippen LogP contribution in [-0.2, 0) is 14.3 Å². The molecular formula is C62H115NO5. The van der Waals surface area contributed by atoms with Gasteiger partial charge in [-0.1, -0.05) is 256 Å². The Morgan fingerprint density at radius 1 is 0.426 bits per heavy atom. The molecular weight excluding hydrogens is 839 g/mol. The number of ether oxygens (including phenoxy) is 1. The van der Waals surface area contributed by atoms with Crippen molar-refractivity contribution >= 4 is 11.9 Å². The van der Waals surface area contributed by atoms with Crippen molar-refractivity contribution in [2.24, 2.45) is 0 Å². The minimum atomic E-state index is -0.795. The first-order valence-electron chi connectivity index (χ1n) is 29.9. The lowest BCUT2D eigenvalue weighted by Crippen LogP contribution is -2.46. The number of nitrogens with one attached hydrogen (secondary N) is 1. The van der Waals surface area contributed by atoms with Crippen LogP contribution in [0.5, 0.6) is 0 Å². The van der Waals surface area contributed by atoms with E-state index in [0.717, 1.165) is 89.9 Å². The summed E-state index contributed by atoms with van der Waals surface area (Å²) >= 11 is 0. The van der Waals surface area contributed by atoms with Crippen molar-refractivity contribution in [2.45, 2.75) is 328 Å². The van der Waals surface area contributed by atoms with Crippen molar-refractivity contribution in [3.63, 3.8) is 0 Å². The van der Waals surface area contributed by atoms with Gasteiger partial charge in [-0.2, -0.15) is 0 Å². The summed E-state index contributed by atoms with van der Waals surface area (Å²) in [6.45, 7) is 6.48. The molecule has 0 aliphatic heterocycles. The molecule has 0 rings (SSSR count). The van der Waals surface area contributed by atoms with E-state index in [0.29, 0.717) is 19.3 Å². The lowest BCUT2D eigenvalue weighted by Gasteiger charge is -2.24. The van der Waals surface area contributed by atoms with Crippen molar-refractivity contribution in [3.8, 4) is 0 Å². The fraction of sp³-hybridized carbons (Fsp3) is 0.839. The maximum atomic E-state index is 13.3. The average Bonchev–Trinajstić information content (AvgIpc) is 3.33. The molecule has 3 N–H and O–H groups in total. The van der Waals surface area contributed by atoms with Crippen LogP contribution >= 0.6 is 0 Å². The summed E-state index contributed by atoms with van der Waals surface area (Å²) < 4.78 is 5.96. The highest BCUT2D eigenvalue weighted by Gasteiger charge is 2.24. The first-order chi connectivity index (χ1) is 33.5. The predicted octanol–water partition coefficient (Wildman–Crippen LogP) is 18.6. The highest BCUT2D eigenvalue weighted by Crippen LogP contribution is 2.18. The third-order valence-corrected chi connectivity index (χ3v) is 13.6. The lowest BCUT2D eigenvalue weighted by atomic mass is 10.0. The van der Waals surface area contributed by atoms with Crippen LogP contribution in [0.2, 0.25) is 0 Å². The topological polar surface area (TPSA) is 95.9 Å². The van der Waals surface area contributed by atoms with Gasteiger partial charge in [-0.25, -0.2) is 0 Å². The molecule has 398 valence electrons. The molecule has 3 unspecified atom stereocenters. The number of carbonyl (C=O) groups is 2. The van der Waals surface area contributed by atoms with Gasteiger partial charge in [0, 0.05) is 6.42 Å². The maximum absolute atomic E-state index is 13.3. The van der Waals surface area contributed by atoms with Crippen molar-refractivity contribution in [2.75, 3.05) is 6.61 Å². The SMILES string of the molecule is CCCCC/C=C\C/C=C\C/C=C\CCCCCCCCC(=O)OC(CCCCC/C=C/CCCCCCCCC)CC(=O)NC(CO)C(O)CCCCCCCCCCCCCCCCCC. The molecule has 0 bridgehead atoms. The number of unbranched alkanes of at least 4 members (excludes halogenated alkanes) is 34. The Morgan fingerprint density at radius 2 is 0.750 bits per heavy atom. The number of esters is 1. The number of allylic oxidation sites excluding steroid dienone is 8. The largest absolute Gasteiger partial charge is 0.462 e. The average molecular weight is 955 g/mol. The summed E-state index contributed by atoms with van der Waals surface area (Å²) in [5, 5.41) is 23.9. The molecule has 0 aromatic rings. The number of hydrogen-bond acceptors (Lipinski definition) is 5. The van der Waals surface area contributed by atoms with Crippen molar-refractivity contribution in [1.82, 2.24) is 5.32 Å². The third-order valence-electron chi connectivity index (χ3n) is 13.6. The lowest BCUT2D eigenvalue weighted by molar-refractivity contribution is -0.151. The molecule has 68 heavy (non-hydrogen) atoms. The molecule has 6 nitrogen and oxygen atoms in total. The zero-order chi connectivity index (χ0) is 49.5. The third kappa shape index (κ3) is 50.2. The first-order valence-corrected chi connectivity index (χ1v) is 29.9. The summed E-state index contributed by atoms with van der Waals surface area (Å²) in [7, 11) is 0. The molecule has 0 aliphatic rings.